The first-order valence-electron chi connectivity index (χ1n) is 19.9. The Balaban J connectivity index is 0.000000239. The summed E-state index contributed by atoms with van der Waals surface area (Å²) in [7, 11) is -4.62. The van der Waals surface area contributed by atoms with Gasteiger partial charge in [0.05, 0.1) is 0 Å². The molecule has 3 heterocycles. The Morgan fingerprint density at radius 3 is 1.60 bits per heavy atom. The zero-order chi connectivity index (χ0) is 40.5. The Labute approximate surface area is 370 Å². The minimum Gasteiger partial charge on any atom is -0.305 e. The Morgan fingerprint density at radius 2 is 0.950 bits per heavy atom. The van der Waals surface area contributed by atoms with Gasteiger partial charge in [-0.1, -0.05) is 123 Å². The third kappa shape index (κ3) is 9.33. The van der Waals surface area contributed by atoms with E-state index >= 15 is 0 Å². The maximum Gasteiger partial charge on any atom is 3.00 e. The maximum atomic E-state index is 5.44. The molecule has 0 spiro atoms. The largest absolute Gasteiger partial charge is 3.00 e. The van der Waals surface area contributed by atoms with Crippen LogP contribution < -0.4 is 26.3 Å². The summed E-state index contributed by atoms with van der Waals surface area (Å²) in [6, 6.07) is 79.6. The second kappa shape index (κ2) is 19.3. The smallest absolute Gasteiger partial charge is 0.305 e. The fourth-order valence-electron chi connectivity index (χ4n) is 7.41. The number of hydrogen-bond acceptors (Lipinski definition) is 3. The van der Waals surface area contributed by atoms with Crippen molar-refractivity contribution in [3.63, 3.8) is 0 Å². The van der Waals surface area contributed by atoms with Crippen molar-refractivity contribution in [3.8, 4) is 44.6 Å². The first-order valence-corrected chi connectivity index (χ1v) is 25.4. The van der Waals surface area contributed by atoms with Crippen LogP contribution in [-0.4, -0.2) is 31.1 Å². The molecule has 1 unspecified atom stereocenters. The molecule has 0 bridgehead atoms. The second-order valence-corrected chi connectivity index (χ2v) is 23.3. The predicted octanol–water partition coefficient (Wildman–Crippen LogP) is 9.55. The molecule has 3 aromatic heterocycles. The Kier molecular flexibility index (Phi) is 13.5. The van der Waals surface area contributed by atoms with E-state index in [0.29, 0.717) is 0 Å². The molecule has 0 aliphatic rings. The van der Waals surface area contributed by atoms with Gasteiger partial charge in [0.1, 0.15) is 8.07 Å². The third-order valence-electron chi connectivity index (χ3n) is 11.0. The Hall–Kier alpha value is -6.15. The number of rotatable bonds is 9. The molecule has 0 aliphatic heterocycles. The standard InChI is InChI=1S/C37H32N2Si2.C17H12N.Ir/c1-40(2,33-17-8-5-9-18-33)36-21-13-22-37(39-36)41(3,35-20-10-11-27-38-35)34-19-12-16-32(28-34)31-25-23-30(24-26-31)29-14-6-4-7-15-29;1-3-7-14(8-4-1)16-11-12-18-17(13-16)15-9-5-2-6-10-15;/h4-17,20-28H,1-3H3;1-9,11-13H;/q-2;-1;+3. The third-order valence-corrected chi connectivity index (χ3v) is 18.2. The number of nitrogens with zero attached hydrogens (tertiary/aromatic N) is 3. The molecule has 1 atom stereocenters. The summed E-state index contributed by atoms with van der Waals surface area (Å²) < 4.78 is 0. The molecule has 6 heteroatoms. The van der Waals surface area contributed by atoms with Crippen molar-refractivity contribution in [1.29, 1.82) is 0 Å². The zero-order valence-corrected chi connectivity index (χ0v) is 38.3. The van der Waals surface area contributed by atoms with Crippen molar-refractivity contribution >= 4 is 42.5 Å². The van der Waals surface area contributed by atoms with E-state index in [1.807, 2.05) is 79.1 Å². The molecule has 0 aliphatic carbocycles. The minimum atomic E-state index is -2.58. The summed E-state index contributed by atoms with van der Waals surface area (Å²) in [4.78, 5) is 14.7. The van der Waals surface area contributed by atoms with Crippen molar-refractivity contribution in [3.05, 3.63) is 231 Å². The molecule has 0 saturated carbocycles. The predicted molar refractivity (Wildman–Crippen MR) is 251 cm³/mol. The molecule has 9 aromatic rings. The number of hydrogen-bond donors (Lipinski definition) is 0. The number of aromatic nitrogens is 3. The van der Waals surface area contributed by atoms with Crippen molar-refractivity contribution in [2.24, 2.45) is 0 Å². The van der Waals surface area contributed by atoms with E-state index in [0.717, 1.165) is 21.9 Å². The van der Waals surface area contributed by atoms with Gasteiger partial charge in [-0.3, -0.25) is 9.97 Å². The minimum absolute atomic E-state index is 0. The van der Waals surface area contributed by atoms with Gasteiger partial charge in [-0.05, 0) is 63.8 Å². The van der Waals surface area contributed by atoms with E-state index in [2.05, 4.69) is 176 Å². The van der Waals surface area contributed by atoms with E-state index in [-0.39, 0.29) is 20.1 Å². The quantitative estimate of drug-likeness (QED) is 0.107. The molecule has 6 aromatic carbocycles. The number of pyridine rings is 3. The summed E-state index contributed by atoms with van der Waals surface area (Å²) in [5.74, 6) is 0. The molecule has 0 amide bonds. The molecule has 0 N–H and O–H groups in total. The van der Waals surface area contributed by atoms with Gasteiger partial charge in [0.15, 0.2) is 8.07 Å². The molecule has 0 saturated heterocycles. The summed E-state index contributed by atoms with van der Waals surface area (Å²) in [5, 5.41) is 5.80. The topological polar surface area (TPSA) is 38.7 Å². The molecule has 0 fully saturated rings. The Morgan fingerprint density at radius 1 is 0.383 bits per heavy atom. The maximum absolute atomic E-state index is 5.44. The van der Waals surface area contributed by atoms with Gasteiger partial charge in [-0.25, -0.2) is 0 Å². The molecular weight excluding hydrogens is 939 g/mol. The molecular formula is C54H44IrN3Si2. The van der Waals surface area contributed by atoms with E-state index in [9.17, 15) is 0 Å². The van der Waals surface area contributed by atoms with Gasteiger partial charge >= 0.3 is 20.1 Å². The second-order valence-electron chi connectivity index (χ2n) is 15.2. The van der Waals surface area contributed by atoms with Gasteiger partial charge in [0.2, 0.25) is 0 Å². The van der Waals surface area contributed by atoms with Crippen LogP contribution in [0.15, 0.2) is 213 Å². The van der Waals surface area contributed by atoms with E-state index < -0.39 is 16.1 Å². The van der Waals surface area contributed by atoms with Gasteiger partial charge < -0.3 is 4.98 Å². The van der Waals surface area contributed by atoms with Crippen LogP contribution in [0.4, 0.5) is 0 Å². The summed E-state index contributed by atoms with van der Waals surface area (Å²) in [6.45, 7) is 7.08. The summed E-state index contributed by atoms with van der Waals surface area (Å²) in [6.07, 6.45) is 3.74. The summed E-state index contributed by atoms with van der Waals surface area (Å²) >= 11 is 0. The van der Waals surface area contributed by atoms with Crippen LogP contribution in [0.5, 0.6) is 0 Å². The average Bonchev–Trinajstić information content (AvgIpc) is 3.33. The van der Waals surface area contributed by atoms with Crippen LogP contribution in [0.3, 0.4) is 0 Å². The van der Waals surface area contributed by atoms with Crippen LogP contribution in [-0.2, 0) is 20.1 Å². The van der Waals surface area contributed by atoms with Gasteiger partial charge in [0.25, 0.3) is 0 Å². The fraction of sp³-hybridized carbons (Fsp3) is 0.0556. The first-order chi connectivity index (χ1) is 28.9. The fourth-order valence-corrected chi connectivity index (χ4v) is 12.8. The molecule has 60 heavy (non-hydrogen) atoms. The van der Waals surface area contributed by atoms with Gasteiger partial charge in [0, 0.05) is 28.3 Å². The summed E-state index contributed by atoms with van der Waals surface area (Å²) in [5.41, 5.74) is 9.17. The van der Waals surface area contributed by atoms with Crippen molar-refractivity contribution in [2.75, 3.05) is 0 Å². The molecule has 3 nitrogen and oxygen atoms in total. The van der Waals surface area contributed by atoms with E-state index in [1.165, 1.54) is 49.1 Å². The number of benzene rings is 6. The SMILES string of the molecule is C[Si](C)(c1[c-]cccc1)c1cccc([Si](C)(c2[c-]ccc(-c3ccc(-c4ccccc4)cc3)c2)c2ccccn2)n1.[Ir+3].[c-]1ccccc1-c1cc(-c2ccccc2)ccn1. The van der Waals surface area contributed by atoms with Crippen molar-refractivity contribution < 1.29 is 20.1 Å². The monoisotopic (exact) mass is 983 g/mol. The van der Waals surface area contributed by atoms with Crippen molar-refractivity contribution in [2.45, 2.75) is 19.6 Å². The van der Waals surface area contributed by atoms with E-state index in [4.69, 9.17) is 9.97 Å². The molecule has 292 valence electrons. The zero-order valence-electron chi connectivity index (χ0n) is 33.9. The molecule has 9 rings (SSSR count). The van der Waals surface area contributed by atoms with E-state index in [1.54, 1.807) is 0 Å². The van der Waals surface area contributed by atoms with Crippen LogP contribution in [0.25, 0.3) is 44.6 Å². The van der Waals surface area contributed by atoms with Crippen LogP contribution in [0.2, 0.25) is 19.6 Å². The Bertz CT molecular complexity index is 2680. The molecule has 0 radical (unpaired) electrons. The van der Waals surface area contributed by atoms with Crippen LogP contribution in [0, 0.1) is 18.2 Å². The van der Waals surface area contributed by atoms with Gasteiger partial charge in [-0.2, -0.15) is 65.0 Å². The van der Waals surface area contributed by atoms with Crippen molar-refractivity contribution in [1.82, 2.24) is 15.0 Å². The van der Waals surface area contributed by atoms with Crippen LogP contribution in [0.1, 0.15) is 0 Å². The average molecular weight is 983 g/mol. The van der Waals surface area contributed by atoms with Crippen LogP contribution >= 0.6 is 0 Å². The first kappa shape index (κ1) is 42.0. The normalized spacial score (nSPS) is 11.9. The van der Waals surface area contributed by atoms with Gasteiger partial charge in [-0.15, -0.1) is 41.5 Å².